The summed E-state index contributed by atoms with van der Waals surface area (Å²) >= 11 is 5.93. The first-order chi connectivity index (χ1) is 18.4. The van der Waals surface area contributed by atoms with Gasteiger partial charge in [-0.05, 0) is 52.0 Å². The molecule has 1 unspecified atom stereocenters. The normalized spacial score (nSPS) is 16.4. The molecule has 16 heteroatoms. The molecular weight excluding hydrogens is 555 g/mol. The number of anilines is 1. The van der Waals surface area contributed by atoms with Crippen molar-refractivity contribution in [1.82, 2.24) is 24.7 Å². The lowest BCUT2D eigenvalue weighted by molar-refractivity contribution is -0.149. The van der Waals surface area contributed by atoms with E-state index in [1.165, 1.54) is 55.2 Å². The molecule has 2 aromatic heterocycles. The number of nitrogens with one attached hydrogen (secondary N) is 1. The summed E-state index contributed by atoms with van der Waals surface area (Å²) in [5.74, 6) is -0.406. The number of carbonyl (C=O) groups excluding carboxylic acids is 1. The zero-order valence-corrected chi connectivity index (χ0v) is 23.5. The molecule has 0 aliphatic rings. The Balaban J connectivity index is 1.80. The van der Waals surface area contributed by atoms with Crippen LogP contribution in [-0.4, -0.2) is 73.3 Å². The zero-order chi connectivity index (χ0) is 28.7. The van der Waals surface area contributed by atoms with Gasteiger partial charge >= 0.3 is 13.7 Å². The smallest absolute Gasteiger partial charge is 0.459 e. The highest BCUT2D eigenvalue weighted by Gasteiger charge is 2.35. The lowest BCUT2D eigenvalue weighted by Crippen LogP contribution is -2.38. The summed E-state index contributed by atoms with van der Waals surface area (Å²) in [6.45, 7) is 5.24. The zero-order valence-electron chi connectivity index (χ0n) is 21.8. The number of esters is 1. The number of fused-ring (bicyclic) bond motifs is 1. The third-order valence-corrected chi connectivity index (χ3v) is 7.13. The SMILES string of the molecule is CC(C)OC(=O)[C@H](C)NP(=O)(OC[C@@H](O[C@H](CO)c1cnc2c(N)ncnn12)[C@H](C)O)Oc1ccc(Cl)cc1. The van der Waals surface area contributed by atoms with Gasteiger partial charge in [0.25, 0.3) is 0 Å². The van der Waals surface area contributed by atoms with E-state index in [2.05, 4.69) is 20.2 Å². The first kappa shape index (κ1) is 30.7. The predicted molar refractivity (Wildman–Crippen MR) is 141 cm³/mol. The summed E-state index contributed by atoms with van der Waals surface area (Å²) < 4.78 is 37.4. The number of hydrogen-bond acceptors (Lipinski definition) is 12. The maximum Gasteiger partial charge on any atom is 0.459 e. The van der Waals surface area contributed by atoms with Crippen molar-refractivity contribution in [2.24, 2.45) is 0 Å². The first-order valence-corrected chi connectivity index (χ1v) is 13.9. The van der Waals surface area contributed by atoms with Crippen molar-refractivity contribution in [2.75, 3.05) is 18.9 Å². The number of hydrogen-bond donors (Lipinski definition) is 4. The van der Waals surface area contributed by atoms with E-state index in [9.17, 15) is 19.6 Å². The van der Waals surface area contributed by atoms with Crippen LogP contribution in [0.2, 0.25) is 5.02 Å². The van der Waals surface area contributed by atoms with Crippen LogP contribution in [0.1, 0.15) is 39.5 Å². The number of nitrogens with two attached hydrogens (primary N) is 1. The van der Waals surface area contributed by atoms with Crippen LogP contribution in [0.4, 0.5) is 5.82 Å². The second-order valence-corrected chi connectivity index (χ2v) is 11.0. The number of halogens is 1. The van der Waals surface area contributed by atoms with Crippen LogP contribution >= 0.6 is 19.3 Å². The van der Waals surface area contributed by atoms with Gasteiger partial charge in [0.1, 0.15) is 30.3 Å². The van der Waals surface area contributed by atoms with Crippen LogP contribution in [0.15, 0.2) is 36.8 Å². The van der Waals surface area contributed by atoms with Crippen LogP contribution in [0, 0.1) is 0 Å². The molecule has 14 nitrogen and oxygen atoms in total. The van der Waals surface area contributed by atoms with Crippen LogP contribution in [-0.2, 0) is 23.4 Å². The molecule has 1 aromatic carbocycles. The number of aliphatic hydroxyl groups is 2. The summed E-state index contributed by atoms with van der Waals surface area (Å²) in [4.78, 5) is 20.4. The van der Waals surface area contributed by atoms with Crippen LogP contribution in [0.25, 0.3) is 5.65 Å². The van der Waals surface area contributed by atoms with Crippen molar-refractivity contribution in [3.05, 3.63) is 47.5 Å². The number of benzene rings is 1. The first-order valence-electron chi connectivity index (χ1n) is 12.0. The summed E-state index contributed by atoms with van der Waals surface area (Å²) in [6, 6.07) is 4.92. The van der Waals surface area contributed by atoms with Gasteiger partial charge < -0.3 is 29.9 Å². The molecular formula is C23H32ClN6O8P. The van der Waals surface area contributed by atoms with E-state index in [1.54, 1.807) is 13.8 Å². The monoisotopic (exact) mass is 586 g/mol. The molecule has 0 aliphatic carbocycles. The minimum Gasteiger partial charge on any atom is -0.462 e. The fraction of sp³-hybridized carbons (Fsp3) is 0.478. The third-order valence-electron chi connectivity index (χ3n) is 5.24. The number of aliphatic hydroxyl groups excluding tert-OH is 2. The molecule has 0 spiro atoms. The number of carbonyl (C=O) groups is 1. The largest absolute Gasteiger partial charge is 0.462 e. The lowest BCUT2D eigenvalue weighted by Gasteiger charge is -2.28. The highest BCUT2D eigenvalue weighted by Crippen LogP contribution is 2.45. The summed E-state index contributed by atoms with van der Waals surface area (Å²) in [6.07, 6.45) is -1.07. The van der Waals surface area contributed by atoms with E-state index < -0.39 is 57.4 Å². The molecule has 39 heavy (non-hydrogen) atoms. The van der Waals surface area contributed by atoms with Crippen LogP contribution in [0.5, 0.6) is 5.75 Å². The Morgan fingerprint density at radius 2 is 1.90 bits per heavy atom. The van der Waals surface area contributed by atoms with Crippen molar-refractivity contribution in [1.29, 1.82) is 0 Å². The van der Waals surface area contributed by atoms with Crippen molar-refractivity contribution < 1.29 is 38.1 Å². The molecule has 3 aromatic rings. The van der Waals surface area contributed by atoms with Crippen molar-refractivity contribution in [2.45, 2.75) is 58.2 Å². The molecule has 5 N–H and O–H groups in total. The van der Waals surface area contributed by atoms with E-state index in [1.807, 2.05) is 0 Å². The van der Waals surface area contributed by atoms with Gasteiger partial charge in [-0.3, -0.25) is 9.32 Å². The Bertz CT molecular complexity index is 1290. The number of nitrogens with zero attached hydrogens (tertiary/aromatic N) is 4. The molecule has 0 aliphatic heterocycles. The maximum absolute atomic E-state index is 13.8. The molecule has 0 saturated carbocycles. The topological polar surface area (TPSA) is 193 Å². The van der Waals surface area contributed by atoms with Gasteiger partial charge in [0.2, 0.25) is 0 Å². The number of nitrogen functional groups attached to an aromatic ring is 1. The Kier molecular flexibility index (Phi) is 10.6. The quantitative estimate of drug-likeness (QED) is 0.159. The van der Waals surface area contributed by atoms with Crippen LogP contribution in [0.3, 0.4) is 0 Å². The highest BCUT2D eigenvalue weighted by molar-refractivity contribution is 7.52. The fourth-order valence-electron chi connectivity index (χ4n) is 3.30. The van der Waals surface area contributed by atoms with Crippen molar-refractivity contribution >= 4 is 36.8 Å². The minimum absolute atomic E-state index is 0.125. The molecule has 0 saturated heterocycles. The van der Waals surface area contributed by atoms with Gasteiger partial charge in [-0.1, -0.05) is 11.6 Å². The molecule has 2 heterocycles. The molecule has 0 bridgehead atoms. The molecule has 0 amide bonds. The minimum atomic E-state index is -4.26. The highest BCUT2D eigenvalue weighted by atomic mass is 35.5. The van der Waals surface area contributed by atoms with Gasteiger partial charge in [0, 0.05) is 5.02 Å². The van der Waals surface area contributed by atoms with Crippen LogP contribution < -0.4 is 15.3 Å². The van der Waals surface area contributed by atoms with E-state index in [4.69, 9.17) is 35.9 Å². The van der Waals surface area contributed by atoms with E-state index in [0.717, 1.165) is 0 Å². The Hall–Kier alpha value is -2.84. The van der Waals surface area contributed by atoms with Crippen molar-refractivity contribution in [3.63, 3.8) is 0 Å². The average Bonchev–Trinajstić information content (AvgIpc) is 3.30. The molecule has 5 atom stereocenters. The Morgan fingerprint density at radius 3 is 2.51 bits per heavy atom. The second kappa shape index (κ2) is 13.5. The predicted octanol–water partition coefficient (Wildman–Crippen LogP) is 2.29. The fourth-order valence-corrected chi connectivity index (χ4v) is 4.93. The summed E-state index contributed by atoms with van der Waals surface area (Å²) in [5, 5.41) is 27.5. The standard InChI is InChI=1S/C23H32ClN6O8P/c1-13(2)36-23(33)14(3)29-39(34,38-17-7-5-16(24)6-8-17)35-11-20(15(4)32)37-19(10-31)18-9-26-22-21(25)27-12-28-30(18)22/h5-9,12-15,19-20,31-32H,10-11H2,1-4H3,(H,29,34)(H2,25,27,28)/t14-,15-,19+,20+,39?/m0/s1. The van der Waals surface area contributed by atoms with Gasteiger partial charge in [-0.15, -0.1) is 0 Å². The van der Waals surface area contributed by atoms with E-state index >= 15 is 0 Å². The number of rotatable bonds is 14. The number of aromatic nitrogens is 4. The van der Waals surface area contributed by atoms with Crippen molar-refractivity contribution in [3.8, 4) is 5.75 Å². The molecule has 3 rings (SSSR count). The lowest BCUT2D eigenvalue weighted by atomic mass is 10.2. The van der Waals surface area contributed by atoms with Gasteiger partial charge in [-0.2, -0.15) is 10.2 Å². The van der Waals surface area contributed by atoms with E-state index in [-0.39, 0.29) is 17.2 Å². The molecule has 214 valence electrons. The van der Waals surface area contributed by atoms with Gasteiger partial charge in [0.15, 0.2) is 11.5 Å². The summed E-state index contributed by atoms with van der Waals surface area (Å²) in [7, 11) is -4.26. The third kappa shape index (κ3) is 8.32. The van der Waals surface area contributed by atoms with Gasteiger partial charge in [-0.25, -0.2) is 19.0 Å². The Morgan fingerprint density at radius 1 is 1.21 bits per heavy atom. The van der Waals surface area contributed by atoms with E-state index in [0.29, 0.717) is 10.7 Å². The summed E-state index contributed by atoms with van der Waals surface area (Å²) in [5.41, 5.74) is 6.41. The Labute approximate surface area is 230 Å². The second-order valence-electron chi connectivity index (χ2n) is 8.82. The van der Waals surface area contributed by atoms with Gasteiger partial charge in [0.05, 0.1) is 37.3 Å². The molecule has 0 radical (unpaired) electrons. The average molecular weight is 587 g/mol. The maximum atomic E-state index is 13.8. The number of imidazole rings is 1. The molecule has 0 fully saturated rings. The number of ether oxygens (including phenoxy) is 2.